The van der Waals surface area contributed by atoms with E-state index in [1.807, 2.05) is 6.08 Å². The molecule has 0 aromatic carbocycles. The van der Waals surface area contributed by atoms with E-state index in [9.17, 15) is 0 Å². The Morgan fingerprint density at radius 3 is 1.59 bits per heavy atom. The highest BCUT2D eigenvalue weighted by atomic mass is 13.9. The Morgan fingerprint density at radius 1 is 0.647 bits per heavy atom. The lowest BCUT2D eigenvalue weighted by Gasteiger charge is -1.97. The van der Waals surface area contributed by atoms with Crippen molar-refractivity contribution in [2.45, 2.75) is 84.0 Å². The second kappa shape index (κ2) is 15.5. The minimum absolute atomic E-state index is 1.19. The normalized spacial score (nSPS) is 11.1. The highest BCUT2D eigenvalue weighted by Gasteiger charge is 1.88. The maximum atomic E-state index is 3.74. The molecule has 0 bridgehead atoms. The van der Waals surface area contributed by atoms with Crippen molar-refractivity contribution in [3.63, 3.8) is 0 Å². The van der Waals surface area contributed by atoms with Gasteiger partial charge in [0.25, 0.3) is 0 Å². The molecule has 0 aromatic heterocycles. The maximum Gasteiger partial charge on any atom is -0.0351 e. The fourth-order valence-electron chi connectivity index (χ4n) is 2.01. The van der Waals surface area contributed by atoms with E-state index in [1.54, 1.807) is 0 Å². The molecule has 0 heterocycles. The van der Waals surface area contributed by atoms with Crippen molar-refractivity contribution in [2.75, 3.05) is 0 Å². The van der Waals surface area contributed by atoms with Gasteiger partial charge in [0.1, 0.15) is 0 Å². The van der Waals surface area contributed by atoms with Crippen molar-refractivity contribution in [3.05, 3.63) is 24.8 Å². The van der Waals surface area contributed by atoms with Gasteiger partial charge in [0, 0.05) is 0 Å². The molecule has 0 nitrogen and oxygen atoms in total. The van der Waals surface area contributed by atoms with Crippen LogP contribution in [0, 0.1) is 0 Å². The fourth-order valence-corrected chi connectivity index (χ4v) is 2.01. The van der Waals surface area contributed by atoms with Crippen LogP contribution in [0.15, 0.2) is 24.8 Å². The molecule has 0 saturated carbocycles. The van der Waals surface area contributed by atoms with Crippen molar-refractivity contribution in [2.24, 2.45) is 0 Å². The van der Waals surface area contributed by atoms with E-state index in [1.165, 1.54) is 77.0 Å². The van der Waals surface area contributed by atoms with Gasteiger partial charge in [0.15, 0.2) is 0 Å². The molecule has 17 heavy (non-hydrogen) atoms. The predicted octanol–water partition coefficient (Wildman–Crippen LogP) is 6.43. The Labute approximate surface area is 109 Å². The number of unbranched alkanes of at least 4 members (excludes halogenated alkanes) is 10. The van der Waals surface area contributed by atoms with Crippen LogP contribution in [-0.2, 0) is 0 Å². The van der Waals surface area contributed by atoms with E-state index in [4.69, 9.17) is 0 Å². The second-order valence-corrected chi connectivity index (χ2v) is 4.95. The summed E-state index contributed by atoms with van der Waals surface area (Å²) in [6, 6.07) is 0. The van der Waals surface area contributed by atoms with Crippen molar-refractivity contribution < 1.29 is 0 Å². The standard InChI is InChI=1S/C17H32/c1-3-5-7-9-11-13-15-17-16-14-12-10-8-6-4-2/h3,16-17H,1,4-15H2,2H3. The molecule has 0 N–H and O–H groups in total. The van der Waals surface area contributed by atoms with Crippen LogP contribution in [0.4, 0.5) is 0 Å². The number of rotatable bonds is 13. The van der Waals surface area contributed by atoms with Crippen molar-refractivity contribution in [1.29, 1.82) is 0 Å². The van der Waals surface area contributed by atoms with Gasteiger partial charge in [-0.25, -0.2) is 0 Å². The van der Waals surface area contributed by atoms with Gasteiger partial charge in [-0.1, -0.05) is 63.7 Å². The van der Waals surface area contributed by atoms with Gasteiger partial charge < -0.3 is 0 Å². The molecule has 0 aliphatic carbocycles. The highest BCUT2D eigenvalue weighted by molar-refractivity contribution is 4.81. The Bertz CT molecular complexity index is 167. The zero-order valence-corrected chi connectivity index (χ0v) is 11.9. The Morgan fingerprint density at radius 2 is 1.12 bits per heavy atom. The summed E-state index contributed by atoms with van der Waals surface area (Å²) in [6.45, 7) is 6.02. The van der Waals surface area contributed by atoms with Crippen LogP contribution in [0.1, 0.15) is 84.0 Å². The largest absolute Gasteiger partial charge is 0.103 e. The number of hydrogen-bond donors (Lipinski definition) is 0. The molecule has 0 rings (SSSR count). The Kier molecular flexibility index (Phi) is 15.0. The van der Waals surface area contributed by atoms with Crippen LogP contribution < -0.4 is 0 Å². The van der Waals surface area contributed by atoms with Gasteiger partial charge >= 0.3 is 0 Å². The SMILES string of the molecule is C=CCCCCCCC=CCCCCCCC. The monoisotopic (exact) mass is 236 g/mol. The molecule has 0 saturated heterocycles. The molecule has 0 aromatic rings. The maximum absolute atomic E-state index is 3.74. The lowest BCUT2D eigenvalue weighted by molar-refractivity contribution is 0.635. The van der Waals surface area contributed by atoms with E-state index >= 15 is 0 Å². The van der Waals surface area contributed by atoms with Gasteiger partial charge in [-0.05, 0) is 38.5 Å². The predicted molar refractivity (Wildman–Crippen MR) is 80.4 cm³/mol. The quantitative estimate of drug-likeness (QED) is 0.255. The summed E-state index contributed by atoms with van der Waals surface area (Å²) < 4.78 is 0. The molecule has 0 unspecified atom stereocenters. The summed E-state index contributed by atoms with van der Waals surface area (Å²) in [4.78, 5) is 0. The first-order valence-electron chi connectivity index (χ1n) is 7.67. The summed E-state index contributed by atoms with van der Waals surface area (Å²) in [5, 5.41) is 0. The zero-order valence-electron chi connectivity index (χ0n) is 11.9. The van der Waals surface area contributed by atoms with Gasteiger partial charge in [-0.15, -0.1) is 6.58 Å². The van der Waals surface area contributed by atoms with Crippen LogP contribution in [0.2, 0.25) is 0 Å². The first-order chi connectivity index (χ1) is 8.41. The smallest absolute Gasteiger partial charge is 0.0351 e. The molecule has 0 radical (unpaired) electrons. The highest BCUT2D eigenvalue weighted by Crippen LogP contribution is 2.08. The van der Waals surface area contributed by atoms with E-state index < -0.39 is 0 Å². The molecule has 0 atom stereocenters. The van der Waals surface area contributed by atoms with Crippen LogP contribution in [0.3, 0.4) is 0 Å². The molecule has 0 amide bonds. The minimum atomic E-state index is 1.19. The topological polar surface area (TPSA) is 0 Å². The number of allylic oxidation sites excluding steroid dienone is 3. The number of hydrogen-bond acceptors (Lipinski definition) is 0. The van der Waals surface area contributed by atoms with E-state index in [-0.39, 0.29) is 0 Å². The average Bonchev–Trinajstić information content (AvgIpc) is 2.35. The van der Waals surface area contributed by atoms with Crippen molar-refractivity contribution in [1.82, 2.24) is 0 Å². The first-order valence-corrected chi connectivity index (χ1v) is 7.67. The summed E-state index contributed by atoms with van der Waals surface area (Å²) in [7, 11) is 0. The van der Waals surface area contributed by atoms with Gasteiger partial charge in [0.05, 0.1) is 0 Å². The van der Waals surface area contributed by atoms with Crippen LogP contribution >= 0.6 is 0 Å². The van der Waals surface area contributed by atoms with Crippen LogP contribution in [-0.4, -0.2) is 0 Å². The first kappa shape index (κ1) is 16.5. The molecule has 0 aliphatic rings. The molecular formula is C17H32. The van der Waals surface area contributed by atoms with Crippen LogP contribution in [0.5, 0.6) is 0 Å². The van der Waals surface area contributed by atoms with Crippen LogP contribution in [0.25, 0.3) is 0 Å². The lowest BCUT2D eigenvalue weighted by Crippen LogP contribution is -1.77. The summed E-state index contributed by atoms with van der Waals surface area (Å²) in [5.74, 6) is 0. The summed E-state index contributed by atoms with van der Waals surface area (Å²) in [6.07, 6.45) is 23.0. The molecule has 0 spiro atoms. The van der Waals surface area contributed by atoms with E-state index in [2.05, 4.69) is 25.7 Å². The molecule has 100 valence electrons. The fraction of sp³-hybridized carbons (Fsp3) is 0.765. The molecule has 0 heteroatoms. The molecule has 0 aliphatic heterocycles. The van der Waals surface area contributed by atoms with Crippen molar-refractivity contribution in [3.8, 4) is 0 Å². The summed E-state index contributed by atoms with van der Waals surface area (Å²) in [5.41, 5.74) is 0. The average molecular weight is 236 g/mol. The van der Waals surface area contributed by atoms with E-state index in [0.717, 1.165) is 0 Å². The Hall–Kier alpha value is -0.520. The van der Waals surface area contributed by atoms with E-state index in [0.29, 0.717) is 0 Å². The lowest BCUT2D eigenvalue weighted by atomic mass is 10.1. The molecule has 0 fully saturated rings. The minimum Gasteiger partial charge on any atom is -0.103 e. The van der Waals surface area contributed by atoms with Gasteiger partial charge in [0.2, 0.25) is 0 Å². The third kappa shape index (κ3) is 15.5. The van der Waals surface area contributed by atoms with Gasteiger partial charge in [-0.2, -0.15) is 0 Å². The van der Waals surface area contributed by atoms with Gasteiger partial charge in [-0.3, -0.25) is 0 Å². The summed E-state index contributed by atoms with van der Waals surface area (Å²) >= 11 is 0. The molecular weight excluding hydrogens is 204 g/mol. The van der Waals surface area contributed by atoms with Crippen molar-refractivity contribution >= 4 is 0 Å². The third-order valence-electron chi connectivity index (χ3n) is 3.17. The third-order valence-corrected chi connectivity index (χ3v) is 3.17. The zero-order chi connectivity index (χ0) is 12.6. The second-order valence-electron chi connectivity index (χ2n) is 4.95. The Balaban J connectivity index is 3.01.